The predicted octanol–water partition coefficient (Wildman–Crippen LogP) is 4.82. The Morgan fingerprint density at radius 2 is 1.75 bits per heavy atom. The van der Waals surface area contributed by atoms with Gasteiger partial charge in [0.05, 0.1) is 10.4 Å². The van der Waals surface area contributed by atoms with Crippen molar-refractivity contribution in [1.82, 2.24) is 4.98 Å². The number of halogens is 5. The number of anilines is 1. The van der Waals surface area contributed by atoms with Gasteiger partial charge in [0.1, 0.15) is 17.3 Å². The molecule has 0 saturated carbocycles. The molecule has 0 bridgehead atoms. The van der Waals surface area contributed by atoms with Crippen molar-refractivity contribution in [2.45, 2.75) is 12.7 Å². The lowest BCUT2D eigenvalue weighted by Crippen LogP contribution is -2.13. The van der Waals surface area contributed by atoms with Crippen molar-refractivity contribution in [2.75, 3.05) is 5.32 Å². The zero-order chi connectivity index (χ0) is 20.5. The first kappa shape index (κ1) is 19.7. The highest BCUT2D eigenvalue weighted by molar-refractivity contribution is 7.19. The van der Waals surface area contributed by atoms with Gasteiger partial charge in [-0.05, 0) is 29.8 Å². The monoisotopic (exact) mass is 413 g/mol. The predicted molar refractivity (Wildman–Crippen MR) is 94.8 cm³/mol. The Kier molecular flexibility index (Phi) is 5.32. The SMILES string of the molecule is NC(=O)c1nc(NCc2c(F)cccc2F)sc1-c1cccc(C(F)(F)F)c1. The summed E-state index contributed by atoms with van der Waals surface area (Å²) in [6.45, 7) is -0.272. The fourth-order valence-corrected chi connectivity index (χ4v) is 3.42. The number of rotatable bonds is 5. The lowest BCUT2D eigenvalue weighted by atomic mass is 10.1. The first-order chi connectivity index (χ1) is 13.2. The molecule has 3 aromatic rings. The molecule has 0 aliphatic rings. The number of carbonyl (C=O) groups excluding carboxylic acids is 1. The van der Waals surface area contributed by atoms with Gasteiger partial charge >= 0.3 is 6.18 Å². The van der Waals surface area contributed by atoms with Crippen molar-refractivity contribution < 1.29 is 26.7 Å². The number of hydrogen-bond donors (Lipinski definition) is 2. The number of nitrogens with zero attached hydrogens (tertiary/aromatic N) is 1. The highest BCUT2D eigenvalue weighted by atomic mass is 32.1. The van der Waals surface area contributed by atoms with Gasteiger partial charge in [-0.3, -0.25) is 4.79 Å². The number of nitrogens with two attached hydrogens (primary N) is 1. The number of carbonyl (C=O) groups is 1. The minimum atomic E-state index is -4.56. The van der Waals surface area contributed by atoms with E-state index in [1.54, 1.807) is 0 Å². The van der Waals surface area contributed by atoms with Crippen LogP contribution in [0.25, 0.3) is 10.4 Å². The molecule has 1 amide bonds. The number of amides is 1. The Hall–Kier alpha value is -3.01. The first-order valence-electron chi connectivity index (χ1n) is 7.82. The van der Waals surface area contributed by atoms with E-state index in [-0.39, 0.29) is 33.4 Å². The standard InChI is InChI=1S/C18H12F5N3OS/c19-12-5-2-6-13(20)11(12)8-25-17-26-14(16(24)27)15(28-17)9-3-1-4-10(7-9)18(21,22)23/h1-7H,8H2,(H2,24,27)(H,25,26). The van der Waals surface area contributed by atoms with Gasteiger partial charge in [-0.2, -0.15) is 13.2 Å². The summed E-state index contributed by atoms with van der Waals surface area (Å²) in [6.07, 6.45) is -4.56. The largest absolute Gasteiger partial charge is 0.416 e. The molecule has 0 spiro atoms. The number of alkyl halides is 3. The summed E-state index contributed by atoms with van der Waals surface area (Å²) in [6, 6.07) is 7.75. The summed E-state index contributed by atoms with van der Waals surface area (Å²) in [7, 11) is 0. The van der Waals surface area contributed by atoms with Crippen LogP contribution in [0.3, 0.4) is 0 Å². The van der Waals surface area contributed by atoms with Crippen LogP contribution in [0.5, 0.6) is 0 Å². The molecule has 3 rings (SSSR count). The quantitative estimate of drug-likeness (QED) is 0.590. The van der Waals surface area contributed by atoms with Gasteiger partial charge < -0.3 is 11.1 Å². The lowest BCUT2D eigenvalue weighted by Gasteiger charge is -2.08. The molecule has 0 fully saturated rings. The molecule has 28 heavy (non-hydrogen) atoms. The van der Waals surface area contributed by atoms with E-state index in [1.165, 1.54) is 18.2 Å². The van der Waals surface area contributed by atoms with Gasteiger partial charge in [0.15, 0.2) is 5.13 Å². The molecule has 146 valence electrons. The number of benzene rings is 2. The number of hydrogen-bond acceptors (Lipinski definition) is 4. The van der Waals surface area contributed by atoms with E-state index in [1.807, 2.05) is 0 Å². The van der Waals surface area contributed by atoms with Crippen LogP contribution in [0.15, 0.2) is 42.5 Å². The van der Waals surface area contributed by atoms with Crippen LogP contribution >= 0.6 is 11.3 Å². The summed E-state index contributed by atoms with van der Waals surface area (Å²) in [5.74, 6) is -2.47. The Bertz CT molecular complexity index is 1010. The fourth-order valence-electron chi connectivity index (χ4n) is 2.46. The van der Waals surface area contributed by atoms with Gasteiger partial charge in [0.2, 0.25) is 0 Å². The highest BCUT2D eigenvalue weighted by Gasteiger charge is 2.31. The van der Waals surface area contributed by atoms with Gasteiger partial charge in [-0.15, -0.1) is 0 Å². The van der Waals surface area contributed by atoms with Gasteiger partial charge in [0.25, 0.3) is 5.91 Å². The van der Waals surface area contributed by atoms with Gasteiger partial charge in [0, 0.05) is 12.1 Å². The molecule has 0 unspecified atom stereocenters. The van der Waals surface area contributed by atoms with Crippen LogP contribution in [0.2, 0.25) is 0 Å². The average molecular weight is 413 g/mol. The Morgan fingerprint density at radius 1 is 1.11 bits per heavy atom. The molecule has 2 aromatic carbocycles. The molecule has 0 aliphatic carbocycles. The number of nitrogens with one attached hydrogen (secondary N) is 1. The van der Waals surface area contributed by atoms with Gasteiger partial charge in [-0.1, -0.05) is 29.5 Å². The third kappa shape index (κ3) is 4.11. The van der Waals surface area contributed by atoms with E-state index in [9.17, 15) is 26.7 Å². The molecule has 0 saturated heterocycles. The second-order valence-corrected chi connectivity index (χ2v) is 6.69. The molecule has 4 nitrogen and oxygen atoms in total. The number of aromatic nitrogens is 1. The lowest BCUT2D eigenvalue weighted by molar-refractivity contribution is -0.137. The summed E-state index contributed by atoms with van der Waals surface area (Å²) in [5.41, 5.74) is 4.02. The maximum Gasteiger partial charge on any atom is 0.416 e. The molecule has 1 aromatic heterocycles. The normalized spacial score (nSPS) is 11.5. The first-order valence-corrected chi connectivity index (χ1v) is 8.63. The Morgan fingerprint density at radius 3 is 2.36 bits per heavy atom. The zero-order valence-electron chi connectivity index (χ0n) is 14.0. The third-order valence-corrected chi connectivity index (χ3v) is 4.85. The van der Waals surface area contributed by atoms with Crippen LogP contribution in [0, 0.1) is 11.6 Å². The molecule has 3 N–H and O–H groups in total. The Balaban J connectivity index is 1.94. The van der Waals surface area contributed by atoms with E-state index in [2.05, 4.69) is 10.3 Å². The van der Waals surface area contributed by atoms with Crippen molar-refractivity contribution in [3.8, 4) is 10.4 Å². The van der Waals surface area contributed by atoms with Crippen molar-refractivity contribution in [1.29, 1.82) is 0 Å². The number of thiazole rings is 1. The van der Waals surface area contributed by atoms with Crippen LogP contribution in [0.4, 0.5) is 27.1 Å². The van der Waals surface area contributed by atoms with E-state index in [0.717, 1.165) is 35.6 Å². The third-order valence-electron chi connectivity index (χ3n) is 3.79. The Labute approximate surface area is 159 Å². The van der Waals surface area contributed by atoms with Crippen LogP contribution < -0.4 is 11.1 Å². The second kappa shape index (κ2) is 7.55. The highest BCUT2D eigenvalue weighted by Crippen LogP contribution is 2.37. The molecule has 0 aliphatic heterocycles. The average Bonchev–Trinajstić information content (AvgIpc) is 3.05. The fraction of sp³-hybridized carbons (Fsp3) is 0.111. The molecule has 1 heterocycles. The molecule has 10 heteroatoms. The topological polar surface area (TPSA) is 68.0 Å². The number of primary amides is 1. The minimum Gasteiger partial charge on any atom is -0.364 e. The van der Waals surface area contributed by atoms with E-state index in [0.29, 0.717) is 0 Å². The second-order valence-electron chi connectivity index (χ2n) is 5.69. The maximum atomic E-state index is 13.7. The van der Waals surface area contributed by atoms with Crippen LogP contribution in [-0.4, -0.2) is 10.9 Å². The van der Waals surface area contributed by atoms with Crippen molar-refractivity contribution in [2.24, 2.45) is 5.73 Å². The van der Waals surface area contributed by atoms with E-state index >= 15 is 0 Å². The van der Waals surface area contributed by atoms with Crippen molar-refractivity contribution in [3.05, 3.63) is 70.9 Å². The smallest absolute Gasteiger partial charge is 0.364 e. The molecular weight excluding hydrogens is 401 g/mol. The summed E-state index contributed by atoms with van der Waals surface area (Å²) >= 11 is 0.856. The van der Waals surface area contributed by atoms with Crippen molar-refractivity contribution >= 4 is 22.4 Å². The zero-order valence-corrected chi connectivity index (χ0v) is 14.8. The molecular formula is C18H12F5N3OS. The van der Waals surface area contributed by atoms with E-state index in [4.69, 9.17) is 5.73 Å². The van der Waals surface area contributed by atoms with Crippen LogP contribution in [0.1, 0.15) is 21.6 Å². The maximum absolute atomic E-state index is 13.7. The summed E-state index contributed by atoms with van der Waals surface area (Å²) in [5, 5.41) is 2.76. The summed E-state index contributed by atoms with van der Waals surface area (Å²) in [4.78, 5) is 15.7. The van der Waals surface area contributed by atoms with E-state index < -0.39 is 29.3 Å². The van der Waals surface area contributed by atoms with Gasteiger partial charge in [-0.25, -0.2) is 13.8 Å². The molecule has 0 atom stereocenters. The van der Waals surface area contributed by atoms with Crippen molar-refractivity contribution in [3.63, 3.8) is 0 Å². The van der Waals surface area contributed by atoms with Crippen LogP contribution in [-0.2, 0) is 12.7 Å². The molecule has 0 radical (unpaired) electrons. The minimum absolute atomic E-state index is 0.0869. The summed E-state index contributed by atoms with van der Waals surface area (Å²) < 4.78 is 66.3.